The maximum Gasteiger partial charge on any atom is 0.322 e. The molecule has 0 bridgehead atoms. The molecule has 2 aromatic carbocycles. The van der Waals surface area contributed by atoms with Crippen LogP contribution in [0.3, 0.4) is 0 Å². The Morgan fingerprint density at radius 2 is 1.57 bits per heavy atom. The fourth-order valence-corrected chi connectivity index (χ4v) is 3.94. The lowest BCUT2D eigenvalue weighted by Crippen LogP contribution is -2.59. The molecule has 3 amide bonds. The van der Waals surface area contributed by atoms with E-state index < -0.39 is 39.4 Å². The summed E-state index contributed by atoms with van der Waals surface area (Å²) in [6, 6.07) is 9.39. The zero-order chi connectivity index (χ0) is 20.5. The zero-order valence-electron chi connectivity index (χ0n) is 15.0. The first-order chi connectivity index (χ1) is 13.1. The van der Waals surface area contributed by atoms with E-state index in [4.69, 9.17) is 4.74 Å². The third-order valence-electron chi connectivity index (χ3n) is 4.45. The van der Waals surface area contributed by atoms with Crippen LogP contribution in [0.4, 0.5) is 9.18 Å². The second-order valence-corrected chi connectivity index (χ2v) is 8.19. The van der Waals surface area contributed by atoms with Gasteiger partial charge in [-0.25, -0.2) is 22.3 Å². The van der Waals surface area contributed by atoms with Gasteiger partial charge in [-0.1, -0.05) is 0 Å². The Balaban J connectivity index is 1.72. The number of rotatable bonds is 6. The van der Waals surface area contributed by atoms with Gasteiger partial charge in [0, 0.05) is 0 Å². The molecule has 148 valence electrons. The van der Waals surface area contributed by atoms with Crippen LogP contribution in [0.15, 0.2) is 53.4 Å². The predicted molar refractivity (Wildman–Crippen MR) is 97.8 cm³/mol. The van der Waals surface area contributed by atoms with Crippen LogP contribution in [0.5, 0.6) is 11.5 Å². The normalized spacial score (nSPS) is 20.4. The Morgan fingerprint density at radius 3 is 2.07 bits per heavy atom. The highest BCUT2D eigenvalue weighted by molar-refractivity contribution is 7.89. The maximum atomic E-state index is 12.9. The van der Waals surface area contributed by atoms with Crippen molar-refractivity contribution in [2.75, 3.05) is 0 Å². The molecule has 1 aliphatic heterocycles. The lowest BCUT2D eigenvalue weighted by Gasteiger charge is -2.28. The first-order valence-corrected chi connectivity index (χ1v) is 9.78. The Morgan fingerprint density at radius 1 is 1.04 bits per heavy atom. The van der Waals surface area contributed by atoms with Gasteiger partial charge in [-0.2, -0.15) is 0 Å². The van der Waals surface area contributed by atoms with Crippen LogP contribution in [-0.2, 0) is 14.8 Å². The summed E-state index contributed by atoms with van der Waals surface area (Å²) in [6.07, 6.45) is 0. The molecule has 8 nitrogen and oxygen atoms in total. The van der Waals surface area contributed by atoms with Crippen molar-refractivity contribution in [3.05, 3.63) is 54.3 Å². The zero-order valence-corrected chi connectivity index (χ0v) is 15.8. The lowest BCUT2D eigenvalue weighted by molar-refractivity contribution is -0.124. The number of urea groups is 1. The monoisotopic (exact) mass is 407 g/mol. The molecule has 2 aromatic rings. The molecule has 0 aliphatic carbocycles. The molecule has 0 saturated carbocycles. The minimum Gasteiger partial charge on any atom is -0.457 e. The van der Waals surface area contributed by atoms with E-state index in [2.05, 4.69) is 15.4 Å². The summed E-state index contributed by atoms with van der Waals surface area (Å²) >= 11 is 0. The molecular weight excluding hydrogens is 389 g/mol. The quantitative estimate of drug-likeness (QED) is 0.633. The third-order valence-corrected chi connectivity index (χ3v) is 6.01. The van der Waals surface area contributed by atoms with Crippen molar-refractivity contribution in [3.8, 4) is 11.5 Å². The van der Waals surface area contributed by atoms with Gasteiger partial charge in [-0.3, -0.25) is 10.1 Å². The molecule has 1 fully saturated rings. The summed E-state index contributed by atoms with van der Waals surface area (Å²) in [4.78, 5) is 23.3. The Hall–Kier alpha value is -2.98. The lowest BCUT2D eigenvalue weighted by atomic mass is 9.95. The van der Waals surface area contributed by atoms with Crippen molar-refractivity contribution < 1.29 is 27.1 Å². The van der Waals surface area contributed by atoms with Crippen molar-refractivity contribution in [1.82, 2.24) is 15.4 Å². The summed E-state index contributed by atoms with van der Waals surface area (Å²) in [6.45, 7) is 2.91. The average molecular weight is 407 g/mol. The molecule has 2 atom stereocenters. The smallest absolute Gasteiger partial charge is 0.322 e. The van der Waals surface area contributed by atoms with Crippen LogP contribution in [0.1, 0.15) is 13.8 Å². The number of hydrogen-bond donors (Lipinski definition) is 3. The molecule has 3 N–H and O–H groups in total. The van der Waals surface area contributed by atoms with Gasteiger partial charge in [0.05, 0.1) is 10.9 Å². The summed E-state index contributed by atoms with van der Waals surface area (Å²) < 4.78 is 46.0. The van der Waals surface area contributed by atoms with Gasteiger partial charge in [-0.05, 0) is 62.4 Å². The number of benzene rings is 2. The third kappa shape index (κ3) is 3.97. The molecule has 1 saturated heterocycles. The number of ether oxygens (including phenoxy) is 1. The Labute approximate surface area is 161 Å². The molecule has 1 aliphatic rings. The highest BCUT2D eigenvalue weighted by Crippen LogP contribution is 2.24. The van der Waals surface area contributed by atoms with Gasteiger partial charge >= 0.3 is 6.03 Å². The number of carbonyl (C=O) groups is 2. The van der Waals surface area contributed by atoms with Gasteiger partial charge in [0.1, 0.15) is 22.9 Å². The number of imide groups is 1. The van der Waals surface area contributed by atoms with E-state index >= 15 is 0 Å². The largest absolute Gasteiger partial charge is 0.457 e. The van der Waals surface area contributed by atoms with Gasteiger partial charge in [-0.15, -0.1) is 0 Å². The van der Waals surface area contributed by atoms with E-state index in [-0.39, 0.29) is 4.90 Å². The number of halogens is 1. The minimum absolute atomic E-state index is 0.0425. The number of nitrogens with one attached hydrogen (secondary N) is 3. The van der Waals surface area contributed by atoms with Crippen LogP contribution < -0.4 is 20.1 Å². The van der Waals surface area contributed by atoms with E-state index in [9.17, 15) is 22.4 Å². The van der Waals surface area contributed by atoms with Gasteiger partial charge in [0.25, 0.3) is 5.91 Å². The topological polar surface area (TPSA) is 114 Å². The van der Waals surface area contributed by atoms with E-state index in [1.807, 2.05) is 0 Å². The molecule has 0 unspecified atom stereocenters. The first-order valence-electron chi connectivity index (χ1n) is 8.29. The van der Waals surface area contributed by atoms with Crippen molar-refractivity contribution in [1.29, 1.82) is 0 Å². The van der Waals surface area contributed by atoms with Crippen LogP contribution in [0.2, 0.25) is 0 Å². The van der Waals surface area contributed by atoms with E-state index in [0.29, 0.717) is 11.5 Å². The second-order valence-electron chi connectivity index (χ2n) is 6.48. The Bertz CT molecular complexity index is 1010. The van der Waals surface area contributed by atoms with E-state index in [1.165, 1.54) is 62.4 Å². The molecule has 0 spiro atoms. The van der Waals surface area contributed by atoms with Gasteiger partial charge < -0.3 is 10.1 Å². The maximum absolute atomic E-state index is 12.9. The predicted octanol–water partition coefficient (Wildman–Crippen LogP) is 1.88. The van der Waals surface area contributed by atoms with Crippen LogP contribution >= 0.6 is 0 Å². The van der Waals surface area contributed by atoms with E-state index in [0.717, 1.165) is 0 Å². The highest BCUT2D eigenvalue weighted by atomic mass is 32.2. The summed E-state index contributed by atoms with van der Waals surface area (Å²) in [7, 11) is -3.96. The van der Waals surface area contributed by atoms with Crippen molar-refractivity contribution in [2.24, 2.45) is 0 Å². The standard InChI is InChI=1S/C18H18FN3O5S/c1-11(18(2)16(23)20-17(24)21-18)22-28(25,26)15-9-7-14(8-10-15)27-13-5-3-12(19)4-6-13/h3-11,22H,1-2H3,(H2,20,21,23,24)/t11-,18+/m1/s1. The van der Waals surface area contributed by atoms with Gasteiger partial charge in [0.15, 0.2) is 0 Å². The second kappa shape index (κ2) is 7.21. The fraction of sp³-hybridized carbons (Fsp3) is 0.222. The molecule has 0 radical (unpaired) electrons. The van der Waals surface area contributed by atoms with Gasteiger partial charge in [0.2, 0.25) is 10.0 Å². The summed E-state index contributed by atoms with van der Waals surface area (Å²) in [5, 5.41) is 4.51. The first kappa shape index (κ1) is 19.8. The summed E-state index contributed by atoms with van der Waals surface area (Å²) in [5.74, 6) is -0.238. The number of hydrogen-bond acceptors (Lipinski definition) is 5. The van der Waals surface area contributed by atoms with Crippen LogP contribution in [0, 0.1) is 5.82 Å². The summed E-state index contributed by atoms with van der Waals surface area (Å²) in [5.41, 5.74) is -1.41. The molecule has 0 aromatic heterocycles. The number of amides is 3. The average Bonchev–Trinajstić information content (AvgIpc) is 2.90. The van der Waals surface area contributed by atoms with Crippen molar-refractivity contribution in [2.45, 2.75) is 30.3 Å². The van der Waals surface area contributed by atoms with Crippen molar-refractivity contribution in [3.63, 3.8) is 0 Å². The molecular formula is C18H18FN3O5S. The number of sulfonamides is 1. The Kier molecular flexibility index (Phi) is 5.09. The molecule has 10 heteroatoms. The SMILES string of the molecule is C[C@@H](NS(=O)(=O)c1ccc(Oc2ccc(F)cc2)cc1)[C@]1(C)NC(=O)NC1=O. The number of carbonyl (C=O) groups excluding carboxylic acids is 2. The molecule has 1 heterocycles. The van der Waals surface area contributed by atoms with Crippen LogP contribution in [0.25, 0.3) is 0 Å². The van der Waals surface area contributed by atoms with Crippen molar-refractivity contribution >= 4 is 22.0 Å². The fourth-order valence-electron chi connectivity index (χ4n) is 2.61. The van der Waals surface area contributed by atoms with Crippen LogP contribution in [-0.4, -0.2) is 31.9 Å². The minimum atomic E-state index is -3.96. The van der Waals surface area contributed by atoms with E-state index in [1.54, 1.807) is 0 Å². The molecule has 3 rings (SSSR count). The highest BCUT2D eigenvalue weighted by Gasteiger charge is 2.47. The molecule has 28 heavy (non-hydrogen) atoms.